The molecule has 2 amide bonds. The molecule has 2 N–H and O–H groups in total. The first-order valence-corrected chi connectivity index (χ1v) is 8.06. The number of carbonyl (C=O) groups excluding carboxylic acids is 2. The molecule has 0 bridgehead atoms. The number of aromatic nitrogens is 2. The van der Waals surface area contributed by atoms with Gasteiger partial charge in [-0.25, -0.2) is 10.0 Å². The van der Waals surface area contributed by atoms with Crippen LogP contribution >= 0.6 is 0 Å². The number of hydrazine groups is 1. The summed E-state index contributed by atoms with van der Waals surface area (Å²) in [5.74, 6) is -0.462. The zero-order chi connectivity index (χ0) is 17.8. The molecular weight excluding hydrogens is 320 g/mol. The Hall–Kier alpha value is -3.16. The van der Waals surface area contributed by atoms with E-state index in [0.29, 0.717) is 12.2 Å². The van der Waals surface area contributed by atoms with E-state index in [4.69, 9.17) is 0 Å². The van der Waals surface area contributed by atoms with Crippen molar-refractivity contribution in [2.24, 2.45) is 4.99 Å². The van der Waals surface area contributed by atoms with E-state index >= 15 is 0 Å². The third-order valence-corrected chi connectivity index (χ3v) is 3.75. The lowest BCUT2D eigenvalue weighted by atomic mass is 10.2. The van der Waals surface area contributed by atoms with Crippen LogP contribution in [0.1, 0.15) is 13.8 Å². The zero-order valence-corrected chi connectivity index (χ0v) is 14.1. The van der Waals surface area contributed by atoms with E-state index in [1.165, 1.54) is 5.01 Å². The first-order chi connectivity index (χ1) is 12.0. The van der Waals surface area contributed by atoms with Crippen LogP contribution in [-0.4, -0.2) is 39.5 Å². The predicted octanol–water partition coefficient (Wildman–Crippen LogP) is 0.726. The first-order valence-electron chi connectivity index (χ1n) is 8.06. The molecule has 1 aromatic heterocycles. The second-order valence-electron chi connectivity index (χ2n) is 5.88. The highest BCUT2D eigenvalue weighted by Gasteiger charge is 2.31. The first kappa shape index (κ1) is 16.7. The van der Waals surface area contributed by atoms with E-state index in [0.717, 1.165) is 0 Å². The largest absolute Gasteiger partial charge is 0.345 e. The Labute approximate surface area is 145 Å². The average Bonchev–Trinajstić information content (AvgIpc) is 3.10. The smallest absolute Gasteiger partial charge is 0.288 e. The van der Waals surface area contributed by atoms with Crippen molar-refractivity contribution in [2.75, 3.05) is 5.01 Å². The van der Waals surface area contributed by atoms with Gasteiger partial charge in [0.15, 0.2) is 0 Å². The Kier molecular flexibility index (Phi) is 4.78. The van der Waals surface area contributed by atoms with Crippen molar-refractivity contribution in [1.82, 2.24) is 20.5 Å². The highest BCUT2D eigenvalue weighted by molar-refractivity contribution is 6.39. The van der Waals surface area contributed by atoms with E-state index < -0.39 is 6.04 Å². The van der Waals surface area contributed by atoms with Gasteiger partial charge in [-0.2, -0.15) is 5.10 Å². The fraction of sp³-hybridized carbons (Fsp3) is 0.294. The fourth-order valence-corrected chi connectivity index (χ4v) is 2.53. The second-order valence-corrected chi connectivity index (χ2v) is 5.88. The van der Waals surface area contributed by atoms with Gasteiger partial charge in [0.2, 0.25) is 5.84 Å². The minimum Gasteiger partial charge on any atom is -0.345 e. The van der Waals surface area contributed by atoms with Crippen molar-refractivity contribution in [3.63, 3.8) is 0 Å². The summed E-state index contributed by atoms with van der Waals surface area (Å²) in [5, 5.41) is 8.33. The molecule has 8 nitrogen and oxygen atoms in total. The van der Waals surface area contributed by atoms with E-state index in [1.54, 1.807) is 29.9 Å². The third kappa shape index (κ3) is 3.85. The minimum atomic E-state index is -0.636. The summed E-state index contributed by atoms with van der Waals surface area (Å²) in [4.78, 5) is 29.0. The molecular formula is C17H20N6O2. The van der Waals surface area contributed by atoms with Crippen molar-refractivity contribution in [1.29, 1.82) is 0 Å². The number of nitrogens with one attached hydrogen (secondary N) is 2. The number of benzene rings is 1. The second kappa shape index (κ2) is 7.16. The summed E-state index contributed by atoms with van der Waals surface area (Å²) in [6, 6.07) is 10.1. The van der Waals surface area contributed by atoms with E-state index in [1.807, 2.05) is 37.4 Å². The van der Waals surface area contributed by atoms with Gasteiger partial charge in [-0.15, -0.1) is 0 Å². The number of hydrogen-bond acceptors (Lipinski definition) is 5. The van der Waals surface area contributed by atoms with Crippen LogP contribution in [0.4, 0.5) is 5.69 Å². The van der Waals surface area contributed by atoms with Crippen LogP contribution in [0.3, 0.4) is 0 Å². The lowest BCUT2D eigenvalue weighted by Gasteiger charge is -2.30. The molecule has 1 aliphatic rings. The summed E-state index contributed by atoms with van der Waals surface area (Å²) in [6.07, 6.45) is 3.52. The lowest BCUT2D eigenvalue weighted by molar-refractivity contribution is -0.120. The summed E-state index contributed by atoms with van der Waals surface area (Å²) in [7, 11) is 0. The van der Waals surface area contributed by atoms with Crippen molar-refractivity contribution in [3.05, 3.63) is 48.8 Å². The third-order valence-electron chi connectivity index (χ3n) is 3.75. The molecule has 2 heterocycles. The Morgan fingerprint density at radius 1 is 1.32 bits per heavy atom. The summed E-state index contributed by atoms with van der Waals surface area (Å²) < 4.78 is 1.74. The van der Waals surface area contributed by atoms with E-state index in [9.17, 15) is 9.59 Å². The van der Waals surface area contributed by atoms with Crippen molar-refractivity contribution in [2.45, 2.75) is 32.5 Å². The molecule has 8 heteroatoms. The average molecular weight is 340 g/mol. The molecule has 130 valence electrons. The molecule has 3 rings (SSSR count). The van der Waals surface area contributed by atoms with Gasteiger partial charge in [0.1, 0.15) is 6.04 Å². The predicted molar refractivity (Wildman–Crippen MR) is 93.8 cm³/mol. The highest BCUT2D eigenvalue weighted by Crippen LogP contribution is 2.15. The lowest BCUT2D eigenvalue weighted by Crippen LogP contribution is -2.58. The van der Waals surface area contributed by atoms with Gasteiger partial charge in [-0.05, 0) is 32.0 Å². The molecule has 0 aliphatic carbocycles. The maximum Gasteiger partial charge on any atom is 0.288 e. The molecule has 2 unspecified atom stereocenters. The van der Waals surface area contributed by atoms with E-state index in [-0.39, 0.29) is 23.7 Å². The Morgan fingerprint density at radius 2 is 2.08 bits per heavy atom. The number of aliphatic imine (C=N–C) groups is 1. The summed E-state index contributed by atoms with van der Waals surface area (Å²) in [6.45, 7) is 4.09. The van der Waals surface area contributed by atoms with Gasteiger partial charge < -0.3 is 5.32 Å². The van der Waals surface area contributed by atoms with Crippen LogP contribution in [0.5, 0.6) is 0 Å². The highest BCUT2D eigenvalue weighted by atomic mass is 16.2. The number of nitrogens with zero attached hydrogens (tertiary/aromatic N) is 4. The molecule has 0 spiro atoms. The molecule has 1 aliphatic heterocycles. The van der Waals surface area contributed by atoms with Crippen LogP contribution in [0, 0.1) is 0 Å². The molecule has 0 saturated carbocycles. The number of carbonyl (C=O) groups is 2. The topological polar surface area (TPSA) is 91.6 Å². The molecule has 1 aromatic carbocycles. The quantitative estimate of drug-likeness (QED) is 0.839. The Balaban J connectivity index is 1.69. The number of amides is 2. The molecule has 0 fully saturated rings. The molecule has 0 radical (unpaired) electrons. The summed E-state index contributed by atoms with van der Waals surface area (Å²) in [5.41, 5.74) is 3.47. The number of rotatable bonds is 5. The van der Waals surface area contributed by atoms with E-state index in [2.05, 4.69) is 20.8 Å². The van der Waals surface area contributed by atoms with Gasteiger partial charge in [0.25, 0.3) is 11.8 Å². The van der Waals surface area contributed by atoms with Crippen LogP contribution in [-0.2, 0) is 16.1 Å². The molecule has 0 saturated heterocycles. The van der Waals surface area contributed by atoms with Crippen molar-refractivity contribution in [3.8, 4) is 0 Å². The molecule has 2 atom stereocenters. The maximum absolute atomic E-state index is 12.5. The number of hydrogen-bond donors (Lipinski definition) is 2. The van der Waals surface area contributed by atoms with Gasteiger partial charge >= 0.3 is 0 Å². The van der Waals surface area contributed by atoms with Crippen LogP contribution < -0.4 is 15.8 Å². The number of amidine groups is 1. The minimum absolute atomic E-state index is 0.114. The van der Waals surface area contributed by atoms with Crippen LogP contribution in [0.25, 0.3) is 0 Å². The normalized spacial score (nSPS) is 18.3. The molecule has 25 heavy (non-hydrogen) atoms. The molecule has 2 aromatic rings. The van der Waals surface area contributed by atoms with Crippen molar-refractivity contribution >= 4 is 23.3 Å². The van der Waals surface area contributed by atoms with Gasteiger partial charge in [0, 0.05) is 18.4 Å². The van der Waals surface area contributed by atoms with Gasteiger partial charge in [-0.3, -0.25) is 19.7 Å². The monoisotopic (exact) mass is 340 g/mol. The number of anilines is 1. The number of para-hydroxylation sites is 1. The van der Waals surface area contributed by atoms with Gasteiger partial charge in [0.05, 0.1) is 12.2 Å². The zero-order valence-electron chi connectivity index (χ0n) is 14.1. The van der Waals surface area contributed by atoms with Gasteiger partial charge in [-0.1, -0.05) is 18.2 Å². The fourth-order valence-electron chi connectivity index (χ4n) is 2.53. The maximum atomic E-state index is 12.5. The SMILES string of the molecule is CC(Cn1cccn1)NC(=O)C1=NC(C)C(=O)N(c2ccccc2)N1. The Bertz CT molecular complexity index is 772. The standard InChI is InChI=1S/C17H20N6O2/c1-12(11-22-10-6-9-18-22)19-16(24)15-20-13(2)17(25)23(21-15)14-7-4-3-5-8-14/h3-10,12-13H,11H2,1-2H3,(H,19,24)(H,20,21). The summed E-state index contributed by atoms with van der Waals surface area (Å²) >= 11 is 0. The Morgan fingerprint density at radius 3 is 2.76 bits per heavy atom. The van der Waals surface area contributed by atoms with Crippen LogP contribution in [0.2, 0.25) is 0 Å². The van der Waals surface area contributed by atoms with Crippen LogP contribution in [0.15, 0.2) is 53.8 Å². The van der Waals surface area contributed by atoms with Crippen molar-refractivity contribution < 1.29 is 9.59 Å².